The fraction of sp³-hybridized carbons (Fsp3) is 0.286. The van der Waals surface area contributed by atoms with Gasteiger partial charge in [0.05, 0.1) is 16.8 Å². The highest BCUT2D eigenvalue weighted by molar-refractivity contribution is 6.30. The fourth-order valence-electron chi connectivity index (χ4n) is 1.94. The van der Waals surface area contributed by atoms with Crippen molar-refractivity contribution >= 4 is 17.5 Å². The number of hydrogen-bond donors (Lipinski definition) is 1. The fourth-order valence-corrected chi connectivity index (χ4v) is 2.12. The maximum absolute atomic E-state index is 12.9. The molecule has 0 atom stereocenters. The maximum Gasteiger partial charge on any atom is 0.417 e. The zero-order valence-corrected chi connectivity index (χ0v) is 12.4. The molecule has 1 aromatic heterocycles. The monoisotopic (exact) mass is 331 g/mol. The molecule has 0 aliphatic carbocycles. The summed E-state index contributed by atoms with van der Waals surface area (Å²) in [6.07, 6.45) is -2.46. The Bertz CT molecular complexity index is 682. The summed E-state index contributed by atoms with van der Waals surface area (Å²) in [7, 11) is 1.76. The third-order valence-corrected chi connectivity index (χ3v) is 3.20. The normalized spacial score (nSPS) is 11.5. The molecule has 118 valence electrons. The van der Waals surface area contributed by atoms with Crippen molar-refractivity contribution in [3.8, 4) is 0 Å². The van der Waals surface area contributed by atoms with E-state index in [1.54, 1.807) is 24.0 Å². The number of amides is 1. The Hall–Kier alpha value is -2.02. The molecule has 0 unspecified atom stereocenters. The number of carbonyl (C=O) groups is 1. The lowest BCUT2D eigenvalue weighted by Gasteiger charge is -2.13. The number of nitrogens with one attached hydrogen (secondary N) is 1. The van der Waals surface area contributed by atoms with Gasteiger partial charge in [-0.2, -0.15) is 18.3 Å². The number of halogens is 4. The number of nitrogens with zero attached hydrogens (tertiary/aromatic N) is 2. The van der Waals surface area contributed by atoms with Crippen LogP contribution in [0.4, 0.5) is 13.2 Å². The van der Waals surface area contributed by atoms with Crippen LogP contribution in [-0.2, 0) is 19.6 Å². The molecule has 0 radical (unpaired) electrons. The molecule has 2 aromatic rings. The van der Waals surface area contributed by atoms with E-state index in [-0.39, 0.29) is 11.6 Å². The first-order valence-electron chi connectivity index (χ1n) is 6.41. The molecule has 4 nitrogen and oxygen atoms in total. The van der Waals surface area contributed by atoms with Gasteiger partial charge in [-0.05, 0) is 24.3 Å². The Labute approximate surface area is 129 Å². The van der Waals surface area contributed by atoms with E-state index in [0.29, 0.717) is 6.42 Å². The van der Waals surface area contributed by atoms with Gasteiger partial charge in [0.15, 0.2) is 0 Å². The molecule has 2 rings (SSSR count). The second-order valence-electron chi connectivity index (χ2n) is 4.67. The van der Waals surface area contributed by atoms with Crippen molar-refractivity contribution in [2.24, 2.45) is 7.05 Å². The zero-order valence-electron chi connectivity index (χ0n) is 11.6. The molecule has 0 aliphatic rings. The van der Waals surface area contributed by atoms with Gasteiger partial charge < -0.3 is 5.32 Å². The summed E-state index contributed by atoms with van der Waals surface area (Å²) < 4.78 is 40.4. The average molecular weight is 332 g/mol. The third-order valence-electron chi connectivity index (χ3n) is 2.97. The lowest BCUT2D eigenvalue weighted by atomic mass is 10.1. The Morgan fingerprint density at radius 3 is 2.68 bits per heavy atom. The van der Waals surface area contributed by atoms with Crippen LogP contribution in [0.2, 0.25) is 5.02 Å². The van der Waals surface area contributed by atoms with E-state index in [1.165, 1.54) is 6.07 Å². The summed E-state index contributed by atoms with van der Waals surface area (Å²) in [4.78, 5) is 11.9. The van der Waals surface area contributed by atoms with Crippen LogP contribution in [0.15, 0.2) is 30.5 Å². The van der Waals surface area contributed by atoms with Crippen molar-refractivity contribution in [3.05, 3.63) is 52.3 Å². The number of aromatic nitrogens is 2. The van der Waals surface area contributed by atoms with E-state index in [2.05, 4.69) is 10.4 Å². The first-order chi connectivity index (χ1) is 10.3. The van der Waals surface area contributed by atoms with Crippen LogP contribution in [0.25, 0.3) is 0 Å². The molecule has 1 amide bonds. The molecule has 1 heterocycles. The molecule has 0 spiro atoms. The quantitative estimate of drug-likeness (QED) is 0.936. The highest BCUT2D eigenvalue weighted by atomic mass is 35.5. The lowest BCUT2D eigenvalue weighted by Crippen LogP contribution is -2.28. The standard InChI is InChI=1S/C14H13ClF3N3O/c1-21-7-5-10(20-21)4-6-19-13(22)11-3-2-9(15)8-12(11)14(16,17)18/h2-3,5,7-8H,4,6H2,1H3,(H,19,22). The second-order valence-corrected chi connectivity index (χ2v) is 5.11. The average Bonchev–Trinajstić information content (AvgIpc) is 2.83. The van der Waals surface area contributed by atoms with Gasteiger partial charge in [0, 0.05) is 31.2 Å². The van der Waals surface area contributed by atoms with Crippen LogP contribution in [0.1, 0.15) is 21.6 Å². The lowest BCUT2D eigenvalue weighted by molar-refractivity contribution is -0.137. The van der Waals surface area contributed by atoms with Crippen LogP contribution in [0.3, 0.4) is 0 Å². The number of hydrogen-bond acceptors (Lipinski definition) is 2. The highest BCUT2D eigenvalue weighted by Gasteiger charge is 2.35. The Kier molecular flexibility index (Phi) is 4.75. The molecule has 0 saturated heterocycles. The smallest absolute Gasteiger partial charge is 0.352 e. The van der Waals surface area contributed by atoms with Crippen LogP contribution >= 0.6 is 11.6 Å². The summed E-state index contributed by atoms with van der Waals surface area (Å²) in [5.41, 5.74) is -0.747. The van der Waals surface area contributed by atoms with Crippen LogP contribution in [0, 0.1) is 0 Å². The van der Waals surface area contributed by atoms with Crippen molar-refractivity contribution in [1.82, 2.24) is 15.1 Å². The summed E-state index contributed by atoms with van der Waals surface area (Å²) in [6.45, 7) is 0.190. The van der Waals surface area contributed by atoms with Crippen molar-refractivity contribution in [3.63, 3.8) is 0 Å². The first-order valence-corrected chi connectivity index (χ1v) is 6.78. The van der Waals surface area contributed by atoms with Crippen LogP contribution in [0.5, 0.6) is 0 Å². The van der Waals surface area contributed by atoms with Gasteiger partial charge in [0.1, 0.15) is 0 Å². The minimum atomic E-state index is -4.64. The van der Waals surface area contributed by atoms with Gasteiger partial charge >= 0.3 is 6.18 Å². The Morgan fingerprint density at radius 1 is 1.36 bits per heavy atom. The number of aryl methyl sites for hydroxylation is 1. The van der Waals surface area contributed by atoms with Crippen molar-refractivity contribution < 1.29 is 18.0 Å². The molecular formula is C14H13ClF3N3O. The van der Waals surface area contributed by atoms with Gasteiger partial charge in [-0.25, -0.2) is 0 Å². The number of alkyl halides is 3. The second kappa shape index (κ2) is 6.39. The van der Waals surface area contributed by atoms with Gasteiger partial charge in [-0.15, -0.1) is 0 Å². The molecule has 0 aliphatic heterocycles. The summed E-state index contributed by atoms with van der Waals surface area (Å²) in [5, 5.41) is 6.50. The van der Waals surface area contributed by atoms with Crippen molar-refractivity contribution in [2.75, 3.05) is 6.54 Å². The maximum atomic E-state index is 12.9. The van der Waals surface area contributed by atoms with Crippen molar-refractivity contribution in [2.45, 2.75) is 12.6 Å². The minimum absolute atomic E-state index is 0.0719. The molecule has 1 aromatic carbocycles. The summed E-state index contributed by atoms with van der Waals surface area (Å²) in [6, 6.07) is 4.84. The van der Waals surface area contributed by atoms with Gasteiger partial charge in [-0.3, -0.25) is 9.48 Å². The summed E-state index contributed by atoms with van der Waals surface area (Å²) >= 11 is 5.57. The van der Waals surface area contributed by atoms with E-state index in [1.807, 2.05) is 0 Å². The predicted molar refractivity (Wildman–Crippen MR) is 75.7 cm³/mol. The van der Waals surface area contributed by atoms with Crippen molar-refractivity contribution in [1.29, 1.82) is 0 Å². The number of carbonyl (C=O) groups excluding carboxylic acids is 1. The SMILES string of the molecule is Cn1ccc(CCNC(=O)c2ccc(Cl)cc2C(F)(F)F)n1. The zero-order chi connectivity index (χ0) is 16.3. The van der Waals surface area contributed by atoms with E-state index >= 15 is 0 Å². The topological polar surface area (TPSA) is 46.9 Å². The third kappa shape index (κ3) is 4.00. The molecule has 0 saturated carbocycles. The largest absolute Gasteiger partial charge is 0.417 e. The van der Waals surface area contributed by atoms with E-state index in [4.69, 9.17) is 11.6 Å². The Morgan fingerprint density at radius 2 is 2.09 bits per heavy atom. The molecule has 0 bridgehead atoms. The van der Waals surface area contributed by atoms with Gasteiger partial charge in [-0.1, -0.05) is 11.6 Å². The van der Waals surface area contributed by atoms with Crippen LogP contribution < -0.4 is 5.32 Å². The first kappa shape index (κ1) is 16.4. The van der Waals surface area contributed by atoms with Crippen LogP contribution in [-0.4, -0.2) is 22.2 Å². The molecule has 0 fully saturated rings. The number of benzene rings is 1. The summed E-state index contributed by atoms with van der Waals surface area (Å²) in [5.74, 6) is -0.792. The molecular weight excluding hydrogens is 319 g/mol. The predicted octanol–water partition coefficient (Wildman–Crippen LogP) is 3.06. The van der Waals surface area contributed by atoms with E-state index in [0.717, 1.165) is 17.8 Å². The van der Waals surface area contributed by atoms with E-state index in [9.17, 15) is 18.0 Å². The molecule has 1 N–H and O–H groups in total. The number of rotatable bonds is 4. The molecule has 22 heavy (non-hydrogen) atoms. The molecule has 8 heteroatoms. The Balaban J connectivity index is 2.06. The van der Waals surface area contributed by atoms with E-state index < -0.39 is 23.2 Å². The van der Waals surface area contributed by atoms with Gasteiger partial charge in [0.2, 0.25) is 0 Å². The van der Waals surface area contributed by atoms with Gasteiger partial charge in [0.25, 0.3) is 5.91 Å². The highest BCUT2D eigenvalue weighted by Crippen LogP contribution is 2.33. The minimum Gasteiger partial charge on any atom is -0.352 e.